The average Bonchev–Trinajstić information content (AvgIpc) is 3.00. The number of hydrogen-bond acceptors (Lipinski definition) is 2. The molecule has 1 aromatic carbocycles. The summed E-state index contributed by atoms with van der Waals surface area (Å²) in [4.78, 5) is 16.9. The molecule has 0 radical (unpaired) electrons. The van der Waals surface area contributed by atoms with E-state index >= 15 is 0 Å². The second-order valence-electron chi connectivity index (χ2n) is 7.12. The highest BCUT2D eigenvalue weighted by Crippen LogP contribution is 2.29. The molecule has 0 fully saturated rings. The molecule has 3 aromatic rings. The molecule has 0 aliphatic rings. The summed E-state index contributed by atoms with van der Waals surface area (Å²) in [5.74, 6) is -0.240. The Kier molecular flexibility index (Phi) is 5.35. The van der Waals surface area contributed by atoms with Crippen molar-refractivity contribution in [2.75, 3.05) is 6.54 Å². The fraction of sp³-hybridized carbons (Fsp3) is 0.333. The number of imidazole rings is 1. The molecular weight excluding hydrogens is 329 g/mol. The topological polar surface area (TPSA) is 46.4 Å². The molecule has 1 atom stereocenters. The summed E-state index contributed by atoms with van der Waals surface area (Å²) in [6, 6.07) is 10.4. The lowest BCUT2D eigenvalue weighted by molar-refractivity contribution is -0.121. The highest BCUT2D eigenvalue weighted by atomic mass is 19.1. The molecule has 0 spiro atoms. The Morgan fingerprint density at radius 1 is 1.27 bits per heavy atom. The molecular formula is C21H24FN3O. The van der Waals surface area contributed by atoms with E-state index in [0.29, 0.717) is 12.5 Å². The van der Waals surface area contributed by atoms with Crippen LogP contribution in [0.15, 0.2) is 48.8 Å². The van der Waals surface area contributed by atoms with Gasteiger partial charge in [-0.25, -0.2) is 9.37 Å². The number of hydrogen-bond donors (Lipinski definition) is 1. The number of rotatable bonds is 6. The lowest BCUT2D eigenvalue weighted by Crippen LogP contribution is -2.29. The van der Waals surface area contributed by atoms with E-state index in [0.717, 1.165) is 22.5 Å². The van der Waals surface area contributed by atoms with E-state index in [-0.39, 0.29) is 24.1 Å². The second-order valence-corrected chi connectivity index (χ2v) is 7.12. The van der Waals surface area contributed by atoms with Crippen LogP contribution in [0.2, 0.25) is 0 Å². The maximum atomic E-state index is 13.8. The first-order valence-electron chi connectivity index (χ1n) is 8.90. The third-order valence-electron chi connectivity index (χ3n) is 4.40. The fourth-order valence-electron chi connectivity index (χ4n) is 3.05. The lowest BCUT2D eigenvalue weighted by atomic mass is 9.92. The minimum absolute atomic E-state index is 0.0463. The van der Waals surface area contributed by atoms with Gasteiger partial charge in [-0.3, -0.25) is 4.79 Å². The van der Waals surface area contributed by atoms with Crippen molar-refractivity contribution in [3.63, 3.8) is 0 Å². The first-order chi connectivity index (χ1) is 12.4. The van der Waals surface area contributed by atoms with E-state index in [1.165, 1.54) is 12.1 Å². The Bertz CT molecular complexity index is 917. The summed E-state index contributed by atoms with van der Waals surface area (Å²) >= 11 is 0. The van der Waals surface area contributed by atoms with Gasteiger partial charge < -0.3 is 9.72 Å². The van der Waals surface area contributed by atoms with Crippen LogP contribution in [0, 0.1) is 18.7 Å². The van der Waals surface area contributed by atoms with Crippen molar-refractivity contribution in [3.8, 4) is 0 Å². The van der Waals surface area contributed by atoms with Gasteiger partial charge in [0.05, 0.1) is 5.69 Å². The van der Waals surface area contributed by atoms with Crippen LogP contribution in [-0.4, -0.2) is 21.8 Å². The van der Waals surface area contributed by atoms with Gasteiger partial charge in [0.15, 0.2) is 0 Å². The van der Waals surface area contributed by atoms with Crippen LogP contribution in [0.25, 0.3) is 5.65 Å². The van der Waals surface area contributed by atoms with E-state index < -0.39 is 0 Å². The maximum Gasteiger partial charge on any atom is 0.221 e. The number of aryl methyl sites for hydroxylation is 1. The lowest BCUT2D eigenvalue weighted by Gasteiger charge is -2.18. The van der Waals surface area contributed by atoms with E-state index in [1.807, 2.05) is 35.7 Å². The minimum Gasteiger partial charge on any atom is -0.356 e. The van der Waals surface area contributed by atoms with E-state index in [1.54, 1.807) is 12.3 Å². The molecule has 2 heterocycles. The Morgan fingerprint density at radius 2 is 2.08 bits per heavy atom. The molecule has 0 saturated heterocycles. The van der Waals surface area contributed by atoms with Crippen molar-refractivity contribution in [3.05, 3.63) is 71.4 Å². The number of halogens is 1. The van der Waals surface area contributed by atoms with Crippen molar-refractivity contribution in [2.24, 2.45) is 5.92 Å². The van der Waals surface area contributed by atoms with Crippen molar-refractivity contribution in [2.45, 2.75) is 33.1 Å². The summed E-state index contributed by atoms with van der Waals surface area (Å²) in [6.07, 6.45) is 3.98. The SMILES string of the molecule is Cc1ccn2c([C@H](CC(=O)NCC(C)C)c3cccc(F)c3)cnc2c1. The normalized spacial score (nSPS) is 12.5. The molecule has 3 rings (SSSR count). The van der Waals surface area contributed by atoms with Crippen LogP contribution in [-0.2, 0) is 4.79 Å². The Labute approximate surface area is 153 Å². The number of fused-ring (bicyclic) bond motifs is 1. The van der Waals surface area contributed by atoms with Crippen molar-refractivity contribution in [1.29, 1.82) is 0 Å². The van der Waals surface area contributed by atoms with Crippen LogP contribution in [0.1, 0.15) is 43.0 Å². The molecule has 1 N–H and O–H groups in total. The smallest absolute Gasteiger partial charge is 0.221 e. The molecule has 5 heteroatoms. The van der Waals surface area contributed by atoms with Crippen LogP contribution in [0.3, 0.4) is 0 Å². The zero-order chi connectivity index (χ0) is 18.7. The molecule has 1 amide bonds. The molecule has 136 valence electrons. The largest absolute Gasteiger partial charge is 0.356 e. The van der Waals surface area contributed by atoms with E-state index in [9.17, 15) is 9.18 Å². The Balaban J connectivity index is 1.98. The molecule has 26 heavy (non-hydrogen) atoms. The van der Waals surface area contributed by atoms with Gasteiger partial charge in [0, 0.05) is 31.3 Å². The predicted molar refractivity (Wildman–Crippen MR) is 101 cm³/mol. The number of carbonyl (C=O) groups excluding carboxylic acids is 1. The number of amides is 1. The zero-order valence-electron chi connectivity index (χ0n) is 15.4. The van der Waals surface area contributed by atoms with Crippen molar-refractivity contribution >= 4 is 11.6 Å². The first-order valence-corrected chi connectivity index (χ1v) is 8.90. The molecule has 0 aliphatic heterocycles. The van der Waals surface area contributed by atoms with Gasteiger partial charge in [-0.05, 0) is 48.2 Å². The summed E-state index contributed by atoms with van der Waals surface area (Å²) < 4.78 is 15.8. The molecule has 0 bridgehead atoms. The predicted octanol–water partition coefficient (Wildman–Crippen LogP) is 4.08. The fourth-order valence-corrected chi connectivity index (χ4v) is 3.05. The molecule has 0 aliphatic carbocycles. The van der Waals surface area contributed by atoms with Crippen LogP contribution < -0.4 is 5.32 Å². The van der Waals surface area contributed by atoms with Crippen LogP contribution in [0.4, 0.5) is 4.39 Å². The standard InChI is InChI=1S/C21H24FN3O/c1-14(2)12-24-21(26)11-18(16-5-4-6-17(22)10-16)19-13-23-20-9-15(3)7-8-25(19)20/h4-10,13-14,18H,11-12H2,1-3H3,(H,24,26)/t18-/m1/s1. The van der Waals surface area contributed by atoms with Gasteiger partial charge in [-0.1, -0.05) is 26.0 Å². The van der Waals surface area contributed by atoms with E-state index in [2.05, 4.69) is 24.1 Å². The highest BCUT2D eigenvalue weighted by molar-refractivity contribution is 5.77. The summed E-state index contributed by atoms with van der Waals surface area (Å²) in [5, 5.41) is 2.95. The summed E-state index contributed by atoms with van der Waals surface area (Å²) in [6.45, 7) is 6.74. The number of benzene rings is 1. The number of nitrogens with zero attached hydrogens (tertiary/aromatic N) is 2. The summed E-state index contributed by atoms with van der Waals surface area (Å²) in [7, 11) is 0. The number of aromatic nitrogens is 2. The number of nitrogens with one attached hydrogen (secondary N) is 1. The first kappa shape index (κ1) is 18.1. The monoisotopic (exact) mass is 353 g/mol. The zero-order valence-corrected chi connectivity index (χ0v) is 15.4. The minimum atomic E-state index is -0.306. The third kappa shape index (κ3) is 4.10. The molecule has 4 nitrogen and oxygen atoms in total. The third-order valence-corrected chi connectivity index (χ3v) is 4.40. The quantitative estimate of drug-likeness (QED) is 0.726. The summed E-state index contributed by atoms with van der Waals surface area (Å²) in [5.41, 5.74) is 3.59. The Morgan fingerprint density at radius 3 is 2.81 bits per heavy atom. The maximum absolute atomic E-state index is 13.8. The van der Waals surface area contributed by atoms with Crippen LogP contribution >= 0.6 is 0 Å². The van der Waals surface area contributed by atoms with Gasteiger partial charge >= 0.3 is 0 Å². The van der Waals surface area contributed by atoms with Crippen molar-refractivity contribution in [1.82, 2.24) is 14.7 Å². The van der Waals surface area contributed by atoms with E-state index in [4.69, 9.17) is 0 Å². The Hall–Kier alpha value is -2.69. The van der Waals surface area contributed by atoms with Gasteiger partial charge in [0.1, 0.15) is 11.5 Å². The average molecular weight is 353 g/mol. The number of carbonyl (C=O) groups is 1. The molecule has 0 saturated carbocycles. The van der Waals surface area contributed by atoms with Gasteiger partial charge in [0.2, 0.25) is 5.91 Å². The number of pyridine rings is 1. The van der Waals surface area contributed by atoms with Gasteiger partial charge in [-0.2, -0.15) is 0 Å². The molecule has 2 aromatic heterocycles. The second kappa shape index (κ2) is 7.68. The van der Waals surface area contributed by atoms with Crippen molar-refractivity contribution < 1.29 is 9.18 Å². The van der Waals surface area contributed by atoms with Gasteiger partial charge in [-0.15, -0.1) is 0 Å². The van der Waals surface area contributed by atoms with Crippen LogP contribution in [0.5, 0.6) is 0 Å². The highest BCUT2D eigenvalue weighted by Gasteiger charge is 2.22. The molecule has 0 unspecified atom stereocenters. The van der Waals surface area contributed by atoms with Gasteiger partial charge in [0.25, 0.3) is 0 Å².